The average molecular weight is 408 g/mol. The van der Waals surface area contributed by atoms with Gasteiger partial charge in [-0.2, -0.15) is 0 Å². The number of urea groups is 1. The Morgan fingerprint density at radius 1 is 1.07 bits per heavy atom. The smallest absolute Gasteiger partial charge is 0.317 e. The predicted octanol–water partition coefficient (Wildman–Crippen LogP) is 3.41. The van der Waals surface area contributed by atoms with Crippen molar-refractivity contribution in [3.63, 3.8) is 0 Å². The lowest BCUT2D eigenvalue weighted by Gasteiger charge is -2.18. The zero-order chi connectivity index (χ0) is 21.8. The summed E-state index contributed by atoms with van der Waals surface area (Å²) in [5, 5.41) is 2.95. The van der Waals surface area contributed by atoms with E-state index in [4.69, 9.17) is 4.98 Å². The van der Waals surface area contributed by atoms with E-state index in [-0.39, 0.29) is 11.9 Å². The Hall–Kier alpha value is -3.35. The molecule has 0 saturated carbocycles. The van der Waals surface area contributed by atoms with Crippen molar-refractivity contribution in [2.24, 2.45) is 0 Å². The summed E-state index contributed by atoms with van der Waals surface area (Å²) in [5.41, 5.74) is 4.56. The monoisotopic (exact) mass is 407 g/mol. The number of amides is 3. The van der Waals surface area contributed by atoms with E-state index in [1.54, 1.807) is 30.9 Å². The number of carbonyl (C=O) groups is 2. The number of nitrogens with zero attached hydrogens (tertiary/aromatic N) is 4. The summed E-state index contributed by atoms with van der Waals surface area (Å²) in [4.78, 5) is 32.7. The Balaban J connectivity index is 1.74. The van der Waals surface area contributed by atoms with Crippen molar-refractivity contribution in [3.05, 3.63) is 65.0 Å². The van der Waals surface area contributed by atoms with Gasteiger partial charge in [-0.15, -0.1) is 0 Å². The van der Waals surface area contributed by atoms with Gasteiger partial charge in [-0.3, -0.25) is 4.79 Å². The molecule has 3 amide bonds. The van der Waals surface area contributed by atoms with Crippen molar-refractivity contribution >= 4 is 23.0 Å². The SMILES string of the molecule is CCn1c(CN(C)C(=O)NCc2ccc(C)cc2)nc2cc(C(=O)N(C)C)ccc21. The fraction of sp³-hybridized carbons (Fsp3) is 0.348. The topological polar surface area (TPSA) is 70.5 Å². The zero-order valence-corrected chi connectivity index (χ0v) is 18.3. The van der Waals surface area contributed by atoms with Crippen molar-refractivity contribution in [1.82, 2.24) is 24.7 Å². The molecule has 7 nitrogen and oxygen atoms in total. The normalized spacial score (nSPS) is 10.8. The number of aromatic nitrogens is 2. The van der Waals surface area contributed by atoms with Crippen LogP contribution in [-0.4, -0.2) is 52.4 Å². The van der Waals surface area contributed by atoms with Crippen LogP contribution in [0.15, 0.2) is 42.5 Å². The maximum absolute atomic E-state index is 12.5. The lowest BCUT2D eigenvalue weighted by atomic mass is 10.1. The standard InChI is InChI=1S/C23H29N5O2/c1-6-28-20-12-11-18(22(29)26(3)4)13-19(20)25-21(28)15-27(5)23(30)24-14-17-9-7-16(2)8-10-17/h7-13H,6,14-15H2,1-5H3,(H,24,30). The van der Waals surface area contributed by atoms with E-state index in [1.165, 1.54) is 5.56 Å². The van der Waals surface area contributed by atoms with Gasteiger partial charge in [-0.25, -0.2) is 9.78 Å². The number of nitrogens with one attached hydrogen (secondary N) is 1. The summed E-state index contributed by atoms with van der Waals surface area (Å²) in [6.07, 6.45) is 0. The molecule has 3 rings (SSSR count). The molecule has 0 atom stereocenters. The maximum Gasteiger partial charge on any atom is 0.317 e. The van der Waals surface area contributed by atoms with Crippen molar-refractivity contribution in [3.8, 4) is 0 Å². The van der Waals surface area contributed by atoms with Crippen molar-refractivity contribution in [2.75, 3.05) is 21.1 Å². The van der Waals surface area contributed by atoms with E-state index in [9.17, 15) is 9.59 Å². The molecule has 0 bridgehead atoms. The van der Waals surface area contributed by atoms with Gasteiger partial charge in [0.1, 0.15) is 5.82 Å². The minimum atomic E-state index is -0.159. The Labute approximate surface area is 177 Å². The fourth-order valence-electron chi connectivity index (χ4n) is 3.35. The molecular weight excluding hydrogens is 378 g/mol. The second-order valence-corrected chi connectivity index (χ2v) is 7.68. The molecule has 0 unspecified atom stereocenters. The van der Waals surface area contributed by atoms with Crippen LogP contribution in [-0.2, 0) is 19.6 Å². The summed E-state index contributed by atoms with van der Waals surface area (Å²) >= 11 is 0. The minimum Gasteiger partial charge on any atom is -0.345 e. The third-order valence-corrected chi connectivity index (χ3v) is 5.09. The molecular formula is C23H29N5O2. The minimum absolute atomic E-state index is 0.0582. The van der Waals surface area contributed by atoms with Crippen LogP contribution in [0.1, 0.15) is 34.2 Å². The Bertz CT molecular complexity index is 1050. The quantitative estimate of drug-likeness (QED) is 0.681. The van der Waals surface area contributed by atoms with E-state index in [0.717, 1.165) is 29.0 Å². The number of benzene rings is 2. The fourth-order valence-corrected chi connectivity index (χ4v) is 3.35. The number of imidazole rings is 1. The van der Waals surface area contributed by atoms with E-state index >= 15 is 0 Å². The number of carbonyl (C=O) groups excluding carboxylic acids is 2. The second-order valence-electron chi connectivity index (χ2n) is 7.68. The van der Waals surface area contributed by atoms with E-state index in [1.807, 2.05) is 56.3 Å². The van der Waals surface area contributed by atoms with Gasteiger partial charge in [0.25, 0.3) is 5.91 Å². The van der Waals surface area contributed by atoms with Gasteiger partial charge in [-0.05, 0) is 37.6 Å². The summed E-state index contributed by atoms with van der Waals surface area (Å²) in [6, 6.07) is 13.5. The molecule has 0 aliphatic carbocycles. The van der Waals surface area contributed by atoms with Crippen molar-refractivity contribution < 1.29 is 9.59 Å². The molecule has 30 heavy (non-hydrogen) atoms. The van der Waals surface area contributed by atoms with Crippen molar-refractivity contribution in [1.29, 1.82) is 0 Å². The maximum atomic E-state index is 12.5. The summed E-state index contributed by atoms with van der Waals surface area (Å²) in [6.45, 7) is 5.66. The van der Waals surface area contributed by atoms with E-state index in [0.29, 0.717) is 18.7 Å². The molecule has 1 aromatic heterocycles. The highest BCUT2D eigenvalue weighted by molar-refractivity contribution is 5.97. The van der Waals surface area contributed by atoms with Crippen LogP contribution in [0, 0.1) is 6.92 Å². The summed E-state index contributed by atoms with van der Waals surface area (Å²) < 4.78 is 2.07. The average Bonchev–Trinajstić information content (AvgIpc) is 3.08. The molecule has 0 spiro atoms. The molecule has 2 aromatic carbocycles. The van der Waals surface area contributed by atoms with Crippen LogP contribution in [0.4, 0.5) is 4.79 Å². The molecule has 3 aromatic rings. The third-order valence-electron chi connectivity index (χ3n) is 5.09. The van der Waals surface area contributed by atoms with Crippen LogP contribution in [0.3, 0.4) is 0 Å². The van der Waals surface area contributed by atoms with Gasteiger partial charge >= 0.3 is 6.03 Å². The number of aryl methyl sites for hydroxylation is 2. The van der Waals surface area contributed by atoms with E-state index in [2.05, 4.69) is 9.88 Å². The third kappa shape index (κ3) is 4.62. The van der Waals surface area contributed by atoms with E-state index < -0.39 is 0 Å². The number of hydrogen-bond donors (Lipinski definition) is 1. The first-order chi connectivity index (χ1) is 14.3. The van der Waals surface area contributed by atoms with Gasteiger partial charge in [0, 0.05) is 39.8 Å². The first-order valence-corrected chi connectivity index (χ1v) is 10.1. The van der Waals surface area contributed by atoms with Crippen LogP contribution in [0.25, 0.3) is 11.0 Å². The number of fused-ring (bicyclic) bond motifs is 1. The first kappa shape index (κ1) is 21.4. The van der Waals surface area contributed by atoms with Crippen molar-refractivity contribution in [2.45, 2.75) is 33.5 Å². The number of hydrogen-bond acceptors (Lipinski definition) is 3. The second kappa shape index (κ2) is 8.98. The molecule has 0 aliphatic rings. The summed E-state index contributed by atoms with van der Waals surface area (Å²) in [5.74, 6) is 0.729. The van der Waals surface area contributed by atoms with Crippen LogP contribution in [0.2, 0.25) is 0 Å². The van der Waals surface area contributed by atoms with Gasteiger partial charge in [0.05, 0.1) is 17.6 Å². The highest BCUT2D eigenvalue weighted by atomic mass is 16.2. The van der Waals surface area contributed by atoms with Gasteiger partial charge in [-0.1, -0.05) is 29.8 Å². The van der Waals surface area contributed by atoms with Gasteiger partial charge in [0.2, 0.25) is 0 Å². The highest BCUT2D eigenvalue weighted by Crippen LogP contribution is 2.20. The van der Waals surface area contributed by atoms with Crippen LogP contribution < -0.4 is 5.32 Å². The zero-order valence-electron chi connectivity index (χ0n) is 18.3. The molecule has 158 valence electrons. The summed E-state index contributed by atoms with van der Waals surface area (Å²) in [7, 11) is 5.21. The molecule has 1 heterocycles. The highest BCUT2D eigenvalue weighted by Gasteiger charge is 2.17. The molecule has 1 N–H and O–H groups in total. The van der Waals surface area contributed by atoms with Gasteiger partial charge in [0.15, 0.2) is 0 Å². The lowest BCUT2D eigenvalue weighted by molar-refractivity contribution is 0.0827. The first-order valence-electron chi connectivity index (χ1n) is 10.1. The van der Waals surface area contributed by atoms with Gasteiger partial charge < -0.3 is 19.7 Å². The van der Waals surface area contributed by atoms with Crippen LogP contribution in [0.5, 0.6) is 0 Å². The molecule has 0 saturated heterocycles. The Morgan fingerprint density at radius 3 is 2.40 bits per heavy atom. The lowest BCUT2D eigenvalue weighted by Crippen LogP contribution is -2.37. The molecule has 7 heteroatoms. The molecule has 0 aliphatic heterocycles. The largest absolute Gasteiger partial charge is 0.345 e. The Morgan fingerprint density at radius 2 is 1.77 bits per heavy atom. The molecule has 0 radical (unpaired) electrons. The molecule has 0 fully saturated rings. The predicted molar refractivity (Wildman–Crippen MR) is 118 cm³/mol. The Kier molecular flexibility index (Phi) is 6.40. The van der Waals surface area contributed by atoms with Crippen LogP contribution >= 0.6 is 0 Å². The number of rotatable bonds is 6.